The minimum atomic E-state index is -4.76. The second-order valence-corrected chi connectivity index (χ2v) is 11.3. The van der Waals surface area contributed by atoms with E-state index < -0.39 is 69.0 Å². The molecule has 6 heterocycles. The van der Waals surface area contributed by atoms with E-state index in [1.165, 1.54) is 17.2 Å². The van der Waals surface area contributed by atoms with Gasteiger partial charge in [0, 0.05) is 6.61 Å². The molecule has 6 rings (SSSR count). The Kier molecular flexibility index (Phi) is 7.62. The molecule has 22 heteroatoms. The van der Waals surface area contributed by atoms with E-state index in [1.54, 1.807) is 6.92 Å². The predicted molar refractivity (Wildman–Crippen MR) is 140 cm³/mol. The number of hydrogen-bond acceptors (Lipinski definition) is 17. The zero-order chi connectivity index (χ0) is 30.6. The lowest BCUT2D eigenvalue weighted by molar-refractivity contribution is -0.177. The lowest BCUT2D eigenvalue weighted by Crippen LogP contribution is -2.36. The molecular formula is C21H27N10O11P. The van der Waals surface area contributed by atoms with Crippen molar-refractivity contribution in [1.82, 2.24) is 39.0 Å². The smallest absolute Gasteiger partial charge is 0.354 e. The largest absolute Gasteiger partial charge is 0.385 e. The molecular weight excluding hydrogens is 599 g/mol. The fourth-order valence-corrected chi connectivity index (χ4v) is 5.90. The average Bonchev–Trinajstić information content (AvgIpc) is 3.70. The van der Waals surface area contributed by atoms with Gasteiger partial charge in [-0.05, 0) is 6.92 Å². The fraction of sp³-hybridized carbons (Fsp3) is 0.524. The highest BCUT2D eigenvalue weighted by Gasteiger charge is 2.50. The molecule has 0 amide bonds. The number of ether oxygens (including phenoxy) is 4. The summed E-state index contributed by atoms with van der Waals surface area (Å²) in [7, 11) is -4.76. The van der Waals surface area contributed by atoms with Gasteiger partial charge in [0.05, 0.1) is 12.7 Å². The van der Waals surface area contributed by atoms with Crippen molar-refractivity contribution in [1.29, 1.82) is 0 Å². The maximum Gasteiger partial charge on any atom is 0.354 e. The van der Waals surface area contributed by atoms with Gasteiger partial charge in [-0.25, -0.2) is 19.9 Å². The number of nitrogens with two attached hydrogens (primary N) is 2. The van der Waals surface area contributed by atoms with Crippen molar-refractivity contribution in [3.8, 4) is 0 Å². The van der Waals surface area contributed by atoms with Crippen molar-refractivity contribution >= 4 is 41.7 Å². The molecule has 0 bridgehead atoms. The van der Waals surface area contributed by atoms with Gasteiger partial charge in [0.2, 0.25) is 5.95 Å². The molecule has 9 unspecified atom stereocenters. The third-order valence-electron chi connectivity index (χ3n) is 6.79. The van der Waals surface area contributed by atoms with Crippen LogP contribution in [0.15, 0.2) is 23.8 Å². The number of hydrogen-bond donors (Lipinski definition) is 7. The summed E-state index contributed by atoms with van der Waals surface area (Å²) < 4.78 is 43.3. The highest BCUT2D eigenvalue weighted by Crippen LogP contribution is 2.49. The monoisotopic (exact) mass is 626 g/mol. The van der Waals surface area contributed by atoms with Gasteiger partial charge in [-0.15, -0.1) is 0 Å². The molecule has 232 valence electrons. The number of nitrogens with zero attached hydrogens (tertiary/aromatic N) is 7. The number of aromatic nitrogens is 8. The van der Waals surface area contributed by atoms with E-state index >= 15 is 0 Å². The van der Waals surface area contributed by atoms with Crippen molar-refractivity contribution in [2.45, 2.75) is 56.4 Å². The molecule has 9 N–H and O–H groups in total. The van der Waals surface area contributed by atoms with Crippen LogP contribution in [-0.4, -0.2) is 109 Å². The first-order valence-electron chi connectivity index (χ1n) is 12.7. The Labute approximate surface area is 239 Å². The molecule has 0 radical (unpaired) electrons. The molecule has 21 nitrogen and oxygen atoms in total. The first-order valence-corrected chi connectivity index (χ1v) is 14.5. The number of H-pyrrole nitrogens is 1. The molecule has 2 saturated heterocycles. The number of nitrogens with one attached hydrogen (secondary N) is 1. The van der Waals surface area contributed by atoms with Gasteiger partial charge in [-0.3, -0.25) is 28.0 Å². The van der Waals surface area contributed by atoms with Crippen LogP contribution in [0.3, 0.4) is 0 Å². The van der Waals surface area contributed by atoms with Gasteiger partial charge in [-0.2, -0.15) is 4.98 Å². The highest BCUT2D eigenvalue weighted by atomic mass is 31.2. The number of nitrogen functional groups attached to an aromatic ring is 2. The van der Waals surface area contributed by atoms with Crippen LogP contribution in [0.1, 0.15) is 19.4 Å². The molecule has 0 spiro atoms. The number of aromatic amines is 1. The number of rotatable bonds is 9. The van der Waals surface area contributed by atoms with Crippen LogP contribution < -0.4 is 17.0 Å². The van der Waals surface area contributed by atoms with Crippen LogP contribution in [0.25, 0.3) is 22.3 Å². The molecule has 2 aliphatic rings. The standard InChI is InChI=1S/C21H27N10O11P/c1-2-38-12-9(32)17(30-4-26-7-13(22)24-3-25-14(7)30)41-20(12)39-6-43(36,37)42-11-10(33)19(35)40-18(11)31-5-27-8-15(31)28-21(23)29-16(8)34/h3-5,9-12,17-20,32-33,35H,2,6H2,1H3,(H,36,37)(H2,22,24,25)(H3,23,28,29,34). The Morgan fingerprint density at radius 1 is 0.977 bits per heavy atom. The van der Waals surface area contributed by atoms with E-state index in [0.717, 1.165) is 10.9 Å². The molecule has 9 atom stereocenters. The second-order valence-electron chi connectivity index (χ2n) is 9.57. The van der Waals surface area contributed by atoms with E-state index in [9.17, 15) is 29.6 Å². The lowest BCUT2D eigenvalue weighted by atomic mass is 10.2. The van der Waals surface area contributed by atoms with Crippen LogP contribution in [0, 0.1) is 0 Å². The van der Waals surface area contributed by atoms with Gasteiger partial charge < -0.3 is 50.6 Å². The van der Waals surface area contributed by atoms with Crippen molar-refractivity contribution < 1.29 is 48.2 Å². The van der Waals surface area contributed by atoms with E-state index in [0.29, 0.717) is 0 Å². The number of anilines is 2. The third-order valence-corrected chi connectivity index (χ3v) is 7.84. The Bertz CT molecular complexity index is 1750. The van der Waals surface area contributed by atoms with Crippen LogP contribution in [0.4, 0.5) is 11.8 Å². The van der Waals surface area contributed by atoms with Crippen LogP contribution in [0.5, 0.6) is 0 Å². The van der Waals surface area contributed by atoms with Crippen molar-refractivity contribution in [2.24, 2.45) is 0 Å². The molecule has 43 heavy (non-hydrogen) atoms. The summed E-state index contributed by atoms with van der Waals surface area (Å²) >= 11 is 0. The SMILES string of the molecule is CCOC1C(OCP(=O)(O)OC2C(O)C(O)OC2n2cnc3c(=O)[nH]c(N)nc32)OC(n2cnc3c(N)ncnc32)C1O. The van der Waals surface area contributed by atoms with Crippen molar-refractivity contribution in [2.75, 3.05) is 24.4 Å². The molecule has 2 aliphatic heterocycles. The van der Waals surface area contributed by atoms with Crippen molar-refractivity contribution in [3.63, 3.8) is 0 Å². The maximum atomic E-state index is 13.2. The van der Waals surface area contributed by atoms with Crippen LogP contribution >= 0.6 is 7.60 Å². The van der Waals surface area contributed by atoms with Crippen LogP contribution in [0.2, 0.25) is 0 Å². The van der Waals surface area contributed by atoms with E-state index in [4.69, 9.17) is 34.9 Å². The average molecular weight is 626 g/mol. The molecule has 0 aliphatic carbocycles. The molecule has 0 saturated carbocycles. The minimum absolute atomic E-state index is 0.0943. The summed E-state index contributed by atoms with van der Waals surface area (Å²) in [6, 6.07) is 0. The summed E-state index contributed by atoms with van der Waals surface area (Å²) in [5, 5.41) is 31.7. The van der Waals surface area contributed by atoms with E-state index in [1.807, 2.05) is 0 Å². The summed E-state index contributed by atoms with van der Waals surface area (Å²) in [5.41, 5.74) is 11.1. The van der Waals surface area contributed by atoms with Gasteiger partial charge in [0.15, 0.2) is 54.0 Å². The van der Waals surface area contributed by atoms with Gasteiger partial charge >= 0.3 is 7.60 Å². The molecule has 4 aromatic rings. The zero-order valence-electron chi connectivity index (χ0n) is 22.1. The summed E-state index contributed by atoms with van der Waals surface area (Å²) in [5.74, 6) is -0.141. The maximum absolute atomic E-state index is 13.2. The zero-order valence-corrected chi connectivity index (χ0v) is 23.0. The van der Waals surface area contributed by atoms with E-state index in [-0.39, 0.29) is 40.7 Å². The summed E-state index contributed by atoms with van der Waals surface area (Å²) in [4.78, 5) is 45.2. The first kappa shape index (κ1) is 29.4. The minimum Gasteiger partial charge on any atom is -0.385 e. The molecule has 4 aromatic heterocycles. The lowest BCUT2D eigenvalue weighted by Gasteiger charge is -2.25. The Morgan fingerprint density at radius 3 is 2.44 bits per heavy atom. The Morgan fingerprint density at radius 2 is 1.70 bits per heavy atom. The van der Waals surface area contributed by atoms with Crippen LogP contribution in [-0.2, 0) is 28.0 Å². The fourth-order valence-electron chi connectivity index (χ4n) is 4.90. The number of aliphatic hydroxyl groups excluding tert-OH is 3. The first-order chi connectivity index (χ1) is 20.5. The topological polar surface area (TPSA) is 303 Å². The van der Waals surface area contributed by atoms with Crippen molar-refractivity contribution in [3.05, 3.63) is 29.3 Å². The van der Waals surface area contributed by atoms with Gasteiger partial charge in [0.25, 0.3) is 5.56 Å². The summed E-state index contributed by atoms with van der Waals surface area (Å²) in [6.45, 7) is 1.80. The van der Waals surface area contributed by atoms with E-state index in [2.05, 4.69) is 29.9 Å². The number of aliphatic hydroxyl groups is 3. The molecule has 2 fully saturated rings. The highest BCUT2D eigenvalue weighted by molar-refractivity contribution is 7.52. The predicted octanol–water partition coefficient (Wildman–Crippen LogP) is -2.50. The summed E-state index contributed by atoms with van der Waals surface area (Å²) in [6.07, 6.45) is -9.08. The van der Waals surface area contributed by atoms with Gasteiger partial charge in [0.1, 0.15) is 36.3 Å². The van der Waals surface area contributed by atoms with Gasteiger partial charge in [-0.1, -0.05) is 0 Å². The number of fused-ring (bicyclic) bond motifs is 2. The molecule has 0 aromatic carbocycles. The number of imidazole rings is 2. The second kappa shape index (κ2) is 11.1. The Balaban J connectivity index is 1.20. The third kappa shape index (κ3) is 5.25. The Hall–Kier alpha value is -3.63. The normalized spacial score (nSPS) is 30.8. The quantitative estimate of drug-likeness (QED) is 0.0944.